The first-order valence-electron chi connectivity index (χ1n) is 8.29. The molecule has 1 amide bonds. The summed E-state index contributed by atoms with van der Waals surface area (Å²) in [6, 6.07) is 0.493. The molecule has 8 heteroatoms. The monoisotopic (exact) mass is 338 g/mol. The lowest BCUT2D eigenvalue weighted by Crippen LogP contribution is -2.37. The molecule has 0 aliphatic heterocycles. The SMILES string of the molecule is O=C(NC1CCC(n2cc(-c3cnccn3)cn2)CC1)c1cnco1. The molecular formula is C17H18N6O2. The first kappa shape index (κ1) is 15.5. The molecule has 0 atom stereocenters. The standard InChI is InChI=1S/C17H18N6O2/c24-17(16-9-19-11-25-16)22-13-1-3-14(4-2-13)23-10-12(7-21-23)15-8-18-5-6-20-15/h5-11,13-14H,1-4H2,(H,22,24). The van der Waals surface area contributed by atoms with Crippen molar-refractivity contribution >= 4 is 5.91 Å². The van der Waals surface area contributed by atoms with Gasteiger partial charge in [-0.15, -0.1) is 0 Å². The number of carbonyl (C=O) groups is 1. The maximum absolute atomic E-state index is 12.0. The minimum atomic E-state index is -0.204. The van der Waals surface area contributed by atoms with Crippen LogP contribution in [0.4, 0.5) is 0 Å². The summed E-state index contributed by atoms with van der Waals surface area (Å²) < 4.78 is 7.02. The van der Waals surface area contributed by atoms with Crippen molar-refractivity contribution in [3.8, 4) is 11.3 Å². The zero-order valence-electron chi connectivity index (χ0n) is 13.6. The molecule has 4 rings (SSSR count). The van der Waals surface area contributed by atoms with Crippen molar-refractivity contribution in [2.75, 3.05) is 0 Å². The first-order valence-corrected chi connectivity index (χ1v) is 8.29. The average Bonchev–Trinajstić information content (AvgIpc) is 3.35. The maximum atomic E-state index is 12.0. The normalized spacial score (nSPS) is 20.3. The van der Waals surface area contributed by atoms with Gasteiger partial charge in [-0.25, -0.2) is 4.98 Å². The van der Waals surface area contributed by atoms with Crippen LogP contribution in [0.2, 0.25) is 0 Å². The van der Waals surface area contributed by atoms with Crippen LogP contribution < -0.4 is 5.32 Å². The van der Waals surface area contributed by atoms with Gasteiger partial charge in [-0.3, -0.25) is 19.4 Å². The van der Waals surface area contributed by atoms with Gasteiger partial charge in [0.15, 0.2) is 6.39 Å². The first-order chi connectivity index (χ1) is 12.3. The van der Waals surface area contributed by atoms with Crippen LogP contribution in [-0.2, 0) is 0 Å². The summed E-state index contributed by atoms with van der Waals surface area (Å²) in [4.78, 5) is 24.2. The van der Waals surface area contributed by atoms with Crippen LogP contribution in [0.25, 0.3) is 11.3 Å². The van der Waals surface area contributed by atoms with Crippen LogP contribution in [0.3, 0.4) is 0 Å². The van der Waals surface area contributed by atoms with Gasteiger partial charge in [-0.05, 0) is 25.7 Å². The Kier molecular flexibility index (Phi) is 4.24. The number of hydrogen-bond donors (Lipinski definition) is 1. The van der Waals surface area contributed by atoms with E-state index in [-0.39, 0.29) is 17.7 Å². The van der Waals surface area contributed by atoms with Gasteiger partial charge in [-0.2, -0.15) is 5.10 Å². The van der Waals surface area contributed by atoms with Gasteiger partial charge in [0.2, 0.25) is 5.76 Å². The smallest absolute Gasteiger partial charge is 0.288 e. The van der Waals surface area contributed by atoms with E-state index in [9.17, 15) is 4.79 Å². The summed E-state index contributed by atoms with van der Waals surface area (Å²) in [5, 5.41) is 7.48. The largest absolute Gasteiger partial charge is 0.438 e. The van der Waals surface area contributed by atoms with E-state index in [0.29, 0.717) is 6.04 Å². The quantitative estimate of drug-likeness (QED) is 0.783. The van der Waals surface area contributed by atoms with Gasteiger partial charge in [0.25, 0.3) is 5.91 Å². The zero-order valence-corrected chi connectivity index (χ0v) is 13.6. The third-order valence-corrected chi connectivity index (χ3v) is 4.52. The summed E-state index contributed by atoms with van der Waals surface area (Å²) in [5.74, 6) is 0.0489. The Labute approximate surface area is 144 Å². The van der Waals surface area contributed by atoms with Crippen molar-refractivity contribution in [1.29, 1.82) is 0 Å². The van der Waals surface area contributed by atoms with Crippen LogP contribution in [0.1, 0.15) is 42.3 Å². The molecule has 25 heavy (non-hydrogen) atoms. The Hall–Kier alpha value is -3.03. The maximum Gasteiger partial charge on any atom is 0.288 e. The molecule has 1 aliphatic carbocycles. The van der Waals surface area contributed by atoms with Gasteiger partial charge in [0.1, 0.15) is 0 Å². The molecule has 3 aromatic heterocycles. The molecule has 0 bridgehead atoms. The van der Waals surface area contributed by atoms with Crippen molar-refractivity contribution in [2.24, 2.45) is 0 Å². The Balaban J connectivity index is 1.34. The average molecular weight is 338 g/mol. The molecular weight excluding hydrogens is 320 g/mol. The highest BCUT2D eigenvalue weighted by Crippen LogP contribution is 2.29. The number of aromatic nitrogens is 5. The van der Waals surface area contributed by atoms with Gasteiger partial charge in [0, 0.05) is 30.2 Å². The number of amides is 1. The van der Waals surface area contributed by atoms with E-state index in [4.69, 9.17) is 4.42 Å². The van der Waals surface area contributed by atoms with E-state index in [1.54, 1.807) is 18.6 Å². The Morgan fingerprint density at radius 3 is 2.72 bits per heavy atom. The molecule has 0 aromatic carbocycles. The van der Waals surface area contributed by atoms with E-state index in [1.165, 1.54) is 12.6 Å². The number of oxazole rings is 1. The van der Waals surface area contributed by atoms with E-state index in [2.05, 4.69) is 25.4 Å². The fraction of sp³-hybridized carbons (Fsp3) is 0.353. The molecule has 3 heterocycles. The number of hydrogen-bond acceptors (Lipinski definition) is 6. The van der Waals surface area contributed by atoms with Crippen LogP contribution in [-0.4, -0.2) is 36.7 Å². The summed E-state index contributed by atoms with van der Waals surface area (Å²) >= 11 is 0. The van der Waals surface area contributed by atoms with E-state index >= 15 is 0 Å². The summed E-state index contributed by atoms with van der Waals surface area (Å²) in [5.41, 5.74) is 1.79. The van der Waals surface area contributed by atoms with Crippen molar-refractivity contribution in [3.63, 3.8) is 0 Å². The van der Waals surface area contributed by atoms with Gasteiger partial charge >= 0.3 is 0 Å². The number of rotatable bonds is 4. The Morgan fingerprint density at radius 1 is 1.12 bits per heavy atom. The second-order valence-electron chi connectivity index (χ2n) is 6.14. The minimum Gasteiger partial charge on any atom is -0.438 e. The van der Waals surface area contributed by atoms with Gasteiger partial charge < -0.3 is 9.73 Å². The highest BCUT2D eigenvalue weighted by Gasteiger charge is 2.25. The number of nitrogens with one attached hydrogen (secondary N) is 1. The molecule has 1 N–H and O–H groups in total. The van der Waals surface area contributed by atoms with Crippen molar-refractivity contribution in [1.82, 2.24) is 30.0 Å². The van der Waals surface area contributed by atoms with Crippen LogP contribution in [0.5, 0.6) is 0 Å². The molecule has 8 nitrogen and oxygen atoms in total. The molecule has 0 saturated heterocycles. The topological polar surface area (TPSA) is 98.7 Å². The van der Waals surface area contributed by atoms with Gasteiger partial charge in [-0.1, -0.05) is 0 Å². The molecule has 0 radical (unpaired) electrons. The lowest BCUT2D eigenvalue weighted by molar-refractivity contribution is 0.0893. The highest BCUT2D eigenvalue weighted by molar-refractivity contribution is 5.91. The van der Waals surface area contributed by atoms with Crippen molar-refractivity contribution < 1.29 is 9.21 Å². The third-order valence-electron chi connectivity index (χ3n) is 4.52. The molecule has 0 unspecified atom stereocenters. The second kappa shape index (κ2) is 6.84. The van der Waals surface area contributed by atoms with E-state index < -0.39 is 0 Å². The minimum absolute atomic E-state index is 0.156. The highest BCUT2D eigenvalue weighted by atomic mass is 16.3. The Morgan fingerprint density at radius 2 is 2.00 bits per heavy atom. The third kappa shape index (κ3) is 3.42. The summed E-state index contributed by atoms with van der Waals surface area (Å²) in [7, 11) is 0. The zero-order chi connectivity index (χ0) is 17.1. The summed E-state index contributed by atoms with van der Waals surface area (Å²) in [6.07, 6.45) is 15.3. The fourth-order valence-electron chi connectivity index (χ4n) is 3.19. The number of nitrogens with zero attached hydrogens (tertiary/aromatic N) is 5. The van der Waals surface area contributed by atoms with Crippen molar-refractivity contribution in [3.05, 3.63) is 49.3 Å². The number of carbonyl (C=O) groups excluding carboxylic acids is 1. The predicted octanol–water partition coefficient (Wildman–Crippen LogP) is 2.24. The lowest BCUT2D eigenvalue weighted by atomic mass is 9.91. The molecule has 128 valence electrons. The predicted molar refractivity (Wildman–Crippen MR) is 88.5 cm³/mol. The lowest BCUT2D eigenvalue weighted by Gasteiger charge is -2.29. The van der Waals surface area contributed by atoms with Crippen LogP contribution >= 0.6 is 0 Å². The van der Waals surface area contributed by atoms with Gasteiger partial charge in [0.05, 0.1) is 30.3 Å². The second-order valence-corrected chi connectivity index (χ2v) is 6.14. The molecule has 1 aliphatic rings. The summed E-state index contributed by atoms with van der Waals surface area (Å²) in [6.45, 7) is 0. The molecule has 1 saturated carbocycles. The molecule has 3 aromatic rings. The fourth-order valence-corrected chi connectivity index (χ4v) is 3.19. The van der Waals surface area contributed by atoms with Crippen molar-refractivity contribution in [2.45, 2.75) is 37.8 Å². The molecule has 0 spiro atoms. The molecule has 1 fully saturated rings. The van der Waals surface area contributed by atoms with E-state index in [0.717, 1.165) is 36.9 Å². The van der Waals surface area contributed by atoms with Crippen LogP contribution in [0.15, 0.2) is 48.0 Å². The Bertz CT molecular complexity index is 822. The van der Waals surface area contributed by atoms with Crippen LogP contribution in [0, 0.1) is 0 Å². The van der Waals surface area contributed by atoms with E-state index in [1.807, 2.05) is 17.1 Å².